The fourth-order valence-electron chi connectivity index (χ4n) is 1.11. The van der Waals surface area contributed by atoms with E-state index in [0.717, 1.165) is 4.90 Å². The summed E-state index contributed by atoms with van der Waals surface area (Å²) in [7, 11) is 0. The average molecular weight is 214 g/mol. The van der Waals surface area contributed by atoms with Gasteiger partial charge in [0.1, 0.15) is 0 Å². The number of hydrogen-bond donors (Lipinski definition) is 1. The van der Waals surface area contributed by atoms with Crippen LogP contribution in [0.15, 0.2) is 0 Å². The number of rotatable bonds is 5. The van der Waals surface area contributed by atoms with Gasteiger partial charge >= 0.3 is 17.8 Å². The van der Waals surface area contributed by atoms with Crippen LogP contribution in [-0.4, -0.2) is 42.5 Å². The van der Waals surface area contributed by atoms with Crippen LogP contribution in [0.5, 0.6) is 0 Å². The van der Waals surface area contributed by atoms with E-state index in [1.54, 1.807) is 0 Å². The Bertz CT molecular complexity index is 288. The Morgan fingerprint density at radius 3 is 2.47 bits per heavy atom. The Balaban J connectivity index is 2.30. The molecule has 1 rings (SSSR count). The minimum Gasteiger partial charge on any atom is -0.379 e. The van der Waals surface area contributed by atoms with E-state index in [0.29, 0.717) is 12.5 Å². The summed E-state index contributed by atoms with van der Waals surface area (Å²) in [5, 5.41) is 1.91. The first kappa shape index (κ1) is 11.6. The van der Waals surface area contributed by atoms with Crippen molar-refractivity contribution in [1.82, 2.24) is 10.2 Å². The number of carbonyl (C=O) groups excluding carboxylic acids is 3. The van der Waals surface area contributed by atoms with E-state index in [1.165, 1.54) is 0 Å². The van der Waals surface area contributed by atoms with Gasteiger partial charge in [-0.1, -0.05) is 13.8 Å². The fourth-order valence-corrected chi connectivity index (χ4v) is 1.11. The first-order valence-electron chi connectivity index (χ1n) is 4.77. The second-order valence-corrected chi connectivity index (χ2v) is 3.68. The highest BCUT2D eigenvalue weighted by molar-refractivity contribution is 6.44. The molecule has 0 spiro atoms. The van der Waals surface area contributed by atoms with Crippen molar-refractivity contribution in [2.24, 2.45) is 5.92 Å². The maximum absolute atomic E-state index is 11.1. The number of amides is 4. The van der Waals surface area contributed by atoms with Crippen LogP contribution in [0.2, 0.25) is 0 Å². The van der Waals surface area contributed by atoms with Gasteiger partial charge in [0.25, 0.3) is 0 Å². The molecular formula is C9H14N2O4. The molecule has 15 heavy (non-hydrogen) atoms. The SMILES string of the molecule is CC(C)COCCN1C(=O)NC(=O)C1=O. The van der Waals surface area contributed by atoms with Crippen molar-refractivity contribution in [3.8, 4) is 0 Å². The summed E-state index contributed by atoms with van der Waals surface area (Å²) in [4.78, 5) is 33.7. The van der Waals surface area contributed by atoms with Gasteiger partial charge in [0.2, 0.25) is 0 Å². The monoisotopic (exact) mass is 214 g/mol. The molecule has 1 aliphatic heterocycles. The van der Waals surface area contributed by atoms with E-state index >= 15 is 0 Å². The van der Waals surface area contributed by atoms with Crippen molar-refractivity contribution >= 4 is 17.8 Å². The molecule has 0 saturated carbocycles. The Kier molecular flexibility index (Phi) is 3.79. The third kappa shape index (κ3) is 3.02. The van der Waals surface area contributed by atoms with Crippen molar-refractivity contribution in [3.63, 3.8) is 0 Å². The van der Waals surface area contributed by atoms with Gasteiger partial charge in [0.05, 0.1) is 13.2 Å². The van der Waals surface area contributed by atoms with Crippen LogP contribution < -0.4 is 5.32 Å². The largest absolute Gasteiger partial charge is 0.379 e. The average Bonchev–Trinajstić information content (AvgIpc) is 2.37. The smallest absolute Gasteiger partial charge is 0.331 e. The van der Waals surface area contributed by atoms with E-state index in [4.69, 9.17) is 4.74 Å². The number of nitrogens with zero attached hydrogens (tertiary/aromatic N) is 1. The van der Waals surface area contributed by atoms with Crippen LogP contribution in [0.25, 0.3) is 0 Å². The molecule has 1 aliphatic rings. The lowest BCUT2D eigenvalue weighted by molar-refractivity contribution is -0.140. The molecule has 0 aromatic rings. The minimum atomic E-state index is -0.871. The molecule has 84 valence electrons. The summed E-state index contributed by atoms with van der Waals surface area (Å²) < 4.78 is 5.20. The molecular weight excluding hydrogens is 200 g/mol. The minimum absolute atomic E-state index is 0.114. The molecule has 1 N–H and O–H groups in total. The first-order valence-corrected chi connectivity index (χ1v) is 4.77. The Hall–Kier alpha value is -1.43. The highest BCUT2D eigenvalue weighted by atomic mass is 16.5. The van der Waals surface area contributed by atoms with Crippen LogP contribution in [0, 0.1) is 5.92 Å². The topological polar surface area (TPSA) is 75.7 Å². The maximum Gasteiger partial charge on any atom is 0.331 e. The van der Waals surface area contributed by atoms with Crippen LogP contribution in [-0.2, 0) is 14.3 Å². The third-order valence-corrected chi connectivity index (χ3v) is 1.82. The lowest BCUT2D eigenvalue weighted by Crippen LogP contribution is -2.34. The summed E-state index contributed by atoms with van der Waals surface area (Å²) >= 11 is 0. The standard InChI is InChI=1S/C9H14N2O4/c1-6(2)5-15-4-3-11-8(13)7(12)10-9(11)14/h6H,3-5H2,1-2H3,(H,10,12,14). The zero-order valence-corrected chi connectivity index (χ0v) is 8.78. The number of ether oxygens (including phenoxy) is 1. The summed E-state index contributed by atoms with van der Waals surface area (Å²) in [5.74, 6) is -1.29. The van der Waals surface area contributed by atoms with Crippen LogP contribution in [0.4, 0.5) is 4.79 Å². The molecule has 4 amide bonds. The second kappa shape index (κ2) is 4.88. The fraction of sp³-hybridized carbons (Fsp3) is 0.667. The molecule has 0 radical (unpaired) electrons. The quantitative estimate of drug-likeness (QED) is 0.388. The van der Waals surface area contributed by atoms with Crippen molar-refractivity contribution in [2.45, 2.75) is 13.8 Å². The first-order chi connectivity index (χ1) is 7.02. The van der Waals surface area contributed by atoms with Gasteiger partial charge in [0, 0.05) is 6.61 Å². The number of carbonyl (C=O) groups is 3. The van der Waals surface area contributed by atoms with Crippen LogP contribution in [0.1, 0.15) is 13.8 Å². The van der Waals surface area contributed by atoms with Gasteiger partial charge in [-0.25, -0.2) is 4.79 Å². The van der Waals surface area contributed by atoms with Gasteiger partial charge in [-0.15, -0.1) is 0 Å². The predicted molar refractivity (Wildman–Crippen MR) is 50.9 cm³/mol. The zero-order chi connectivity index (χ0) is 11.4. The molecule has 1 heterocycles. The van der Waals surface area contributed by atoms with Crippen molar-refractivity contribution in [3.05, 3.63) is 0 Å². The Morgan fingerprint density at radius 1 is 1.33 bits per heavy atom. The Morgan fingerprint density at radius 2 is 2.00 bits per heavy atom. The van der Waals surface area contributed by atoms with Gasteiger partial charge in [-0.2, -0.15) is 0 Å². The summed E-state index contributed by atoms with van der Waals surface area (Å²) in [5.41, 5.74) is 0. The van der Waals surface area contributed by atoms with Crippen molar-refractivity contribution in [2.75, 3.05) is 19.8 Å². The number of imide groups is 2. The van der Waals surface area contributed by atoms with E-state index < -0.39 is 17.8 Å². The van der Waals surface area contributed by atoms with Crippen molar-refractivity contribution < 1.29 is 19.1 Å². The normalized spacial score (nSPS) is 16.5. The lowest BCUT2D eigenvalue weighted by atomic mass is 10.2. The molecule has 1 fully saturated rings. The molecule has 6 nitrogen and oxygen atoms in total. The number of nitrogens with one attached hydrogen (secondary N) is 1. The van der Waals surface area contributed by atoms with Crippen LogP contribution in [0.3, 0.4) is 0 Å². The molecule has 6 heteroatoms. The predicted octanol–water partition coefficient (Wildman–Crippen LogP) is -0.263. The zero-order valence-electron chi connectivity index (χ0n) is 8.78. The van der Waals surface area contributed by atoms with E-state index in [-0.39, 0.29) is 13.2 Å². The lowest BCUT2D eigenvalue weighted by Gasteiger charge is -2.12. The summed E-state index contributed by atoms with van der Waals surface area (Å²) in [6, 6.07) is -0.668. The molecule has 0 aromatic carbocycles. The Labute approximate surface area is 87.6 Å². The van der Waals surface area contributed by atoms with E-state index in [1.807, 2.05) is 19.2 Å². The van der Waals surface area contributed by atoms with Crippen LogP contribution >= 0.6 is 0 Å². The van der Waals surface area contributed by atoms with Gasteiger partial charge in [0.15, 0.2) is 0 Å². The summed E-state index contributed by atoms with van der Waals surface area (Å²) in [6.45, 7) is 4.93. The van der Waals surface area contributed by atoms with Crippen molar-refractivity contribution in [1.29, 1.82) is 0 Å². The van der Waals surface area contributed by atoms with Gasteiger partial charge in [-0.05, 0) is 5.92 Å². The molecule has 0 aliphatic carbocycles. The third-order valence-electron chi connectivity index (χ3n) is 1.82. The molecule has 1 saturated heterocycles. The molecule has 0 aromatic heterocycles. The highest BCUT2D eigenvalue weighted by Gasteiger charge is 2.36. The maximum atomic E-state index is 11.1. The highest BCUT2D eigenvalue weighted by Crippen LogP contribution is 2.00. The molecule has 0 atom stereocenters. The number of hydrogen-bond acceptors (Lipinski definition) is 4. The molecule has 0 bridgehead atoms. The van der Waals surface area contributed by atoms with Gasteiger partial charge < -0.3 is 4.74 Å². The second-order valence-electron chi connectivity index (χ2n) is 3.68. The van der Waals surface area contributed by atoms with E-state index in [9.17, 15) is 14.4 Å². The summed E-state index contributed by atoms with van der Waals surface area (Å²) in [6.07, 6.45) is 0. The van der Waals surface area contributed by atoms with E-state index in [2.05, 4.69) is 0 Å². The van der Waals surface area contributed by atoms with Gasteiger partial charge in [-0.3, -0.25) is 19.8 Å². The molecule has 0 unspecified atom stereocenters. The number of urea groups is 1.